The molecule has 0 spiro atoms. The number of aryl methyl sites for hydroxylation is 1. The summed E-state index contributed by atoms with van der Waals surface area (Å²) < 4.78 is 30.9. The molecule has 1 aromatic rings. The molecule has 194 valence electrons. The molecule has 0 bridgehead atoms. The van der Waals surface area contributed by atoms with Crippen LogP contribution in [0, 0.1) is 0 Å². The first-order valence-electron chi connectivity index (χ1n) is 12.0. The van der Waals surface area contributed by atoms with Gasteiger partial charge in [0.1, 0.15) is 0 Å². The standard InChI is InChI=1S/C26H42N2O4S.BrH/c1-5-6-7-10-15-24-16-18-25(19-17-24)33(30,31)23-14-11-20-27-26(29)32-22-13-9-8-12-21-28(2,3)4;/h11,14,16-20,23H,5-10,12-13,15,21-22H2,1-4H3;1H/b20-11+,23-14+;. The van der Waals surface area contributed by atoms with Crippen LogP contribution in [0.2, 0.25) is 0 Å². The summed E-state index contributed by atoms with van der Waals surface area (Å²) >= 11 is 0. The van der Waals surface area contributed by atoms with Gasteiger partial charge in [-0.3, -0.25) is 5.32 Å². The molecule has 0 aromatic heterocycles. The topological polar surface area (TPSA) is 72.5 Å². The molecule has 0 fully saturated rings. The first kappa shape index (κ1) is 32.4. The number of sulfone groups is 1. The Kier molecular flexibility index (Phi) is 16.9. The molecule has 0 saturated heterocycles. The third-order valence-corrected chi connectivity index (χ3v) is 6.64. The van der Waals surface area contributed by atoms with E-state index >= 15 is 0 Å². The van der Waals surface area contributed by atoms with E-state index in [1.165, 1.54) is 37.6 Å². The van der Waals surface area contributed by atoms with Crippen LogP contribution in [0.25, 0.3) is 0 Å². The Morgan fingerprint density at radius 1 is 0.941 bits per heavy atom. The molecule has 0 heterocycles. The molecular formula is C26H43BrN2O4S. The van der Waals surface area contributed by atoms with Crippen LogP contribution in [0.3, 0.4) is 0 Å². The van der Waals surface area contributed by atoms with Gasteiger partial charge in [0.05, 0.1) is 39.2 Å². The largest absolute Gasteiger partial charge is 1.00 e. The number of alkyl carbamates (subject to hydrolysis) is 1. The molecule has 6 nitrogen and oxygen atoms in total. The minimum atomic E-state index is -3.52. The molecule has 0 aliphatic carbocycles. The van der Waals surface area contributed by atoms with Crippen LogP contribution in [0.4, 0.5) is 4.79 Å². The minimum absolute atomic E-state index is 0. The molecule has 1 amide bonds. The second kappa shape index (κ2) is 17.7. The van der Waals surface area contributed by atoms with Crippen molar-refractivity contribution < 1.29 is 39.4 Å². The van der Waals surface area contributed by atoms with Crippen molar-refractivity contribution >= 4 is 15.9 Å². The van der Waals surface area contributed by atoms with Crippen molar-refractivity contribution in [1.29, 1.82) is 0 Å². The zero-order valence-corrected chi connectivity index (χ0v) is 23.7. The first-order valence-corrected chi connectivity index (χ1v) is 13.6. The van der Waals surface area contributed by atoms with Crippen molar-refractivity contribution in [2.24, 2.45) is 0 Å². The number of amides is 1. The number of allylic oxidation sites excluding steroid dienone is 2. The highest BCUT2D eigenvalue weighted by atomic mass is 79.9. The minimum Gasteiger partial charge on any atom is -1.00 e. The summed E-state index contributed by atoms with van der Waals surface area (Å²) in [5, 5.41) is 3.60. The summed E-state index contributed by atoms with van der Waals surface area (Å²) in [6.07, 6.45) is 13.6. The average molecular weight is 560 g/mol. The number of nitrogens with one attached hydrogen (secondary N) is 1. The zero-order valence-electron chi connectivity index (χ0n) is 21.3. The molecule has 8 heteroatoms. The second-order valence-corrected chi connectivity index (χ2v) is 11.2. The van der Waals surface area contributed by atoms with Crippen molar-refractivity contribution in [3.63, 3.8) is 0 Å². The van der Waals surface area contributed by atoms with Crippen LogP contribution in [0.5, 0.6) is 0 Å². The van der Waals surface area contributed by atoms with Crippen molar-refractivity contribution in [3.05, 3.63) is 53.6 Å². The Labute approximate surface area is 217 Å². The number of unbranched alkanes of at least 4 members (excludes halogenated alkanes) is 6. The molecule has 0 radical (unpaired) electrons. The number of hydrogen-bond donors (Lipinski definition) is 1. The van der Waals surface area contributed by atoms with E-state index in [0.29, 0.717) is 6.61 Å². The molecule has 0 saturated carbocycles. The number of rotatable bonds is 16. The number of hydrogen-bond acceptors (Lipinski definition) is 4. The maximum atomic E-state index is 12.4. The van der Waals surface area contributed by atoms with Gasteiger partial charge >= 0.3 is 6.09 Å². The van der Waals surface area contributed by atoms with Gasteiger partial charge in [-0.2, -0.15) is 0 Å². The molecule has 0 unspecified atom stereocenters. The van der Waals surface area contributed by atoms with Gasteiger partial charge < -0.3 is 26.2 Å². The lowest BCUT2D eigenvalue weighted by atomic mass is 10.1. The van der Waals surface area contributed by atoms with E-state index in [1.54, 1.807) is 12.1 Å². The van der Waals surface area contributed by atoms with Crippen molar-refractivity contribution in [1.82, 2.24) is 5.32 Å². The molecular weight excluding hydrogens is 516 g/mol. The van der Waals surface area contributed by atoms with Crippen molar-refractivity contribution in [2.45, 2.75) is 69.6 Å². The van der Waals surface area contributed by atoms with Crippen LogP contribution in [0.1, 0.15) is 63.9 Å². The normalized spacial score (nSPS) is 12.1. The maximum absolute atomic E-state index is 12.4. The average Bonchev–Trinajstić information content (AvgIpc) is 2.75. The monoisotopic (exact) mass is 558 g/mol. The lowest BCUT2D eigenvalue weighted by molar-refractivity contribution is -0.870. The smallest absolute Gasteiger partial charge is 0.411 e. The number of halogens is 1. The third kappa shape index (κ3) is 16.1. The Morgan fingerprint density at radius 2 is 1.59 bits per heavy atom. The zero-order chi connectivity index (χ0) is 24.6. The molecule has 0 atom stereocenters. The molecule has 1 rings (SSSR count). The van der Waals surface area contributed by atoms with Gasteiger partial charge in [0.2, 0.25) is 0 Å². The van der Waals surface area contributed by atoms with Crippen molar-refractivity contribution in [2.75, 3.05) is 34.3 Å². The number of quaternary nitrogens is 1. The second-order valence-electron chi connectivity index (χ2n) is 9.40. The Balaban J connectivity index is 0.0000109. The Hall–Kier alpha value is -1.64. The fourth-order valence-corrected chi connectivity index (χ4v) is 4.22. The predicted octanol–water partition coefficient (Wildman–Crippen LogP) is 2.61. The van der Waals surface area contributed by atoms with Gasteiger partial charge in [0, 0.05) is 11.6 Å². The lowest BCUT2D eigenvalue weighted by Crippen LogP contribution is -3.00. The van der Waals surface area contributed by atoms with Gasteiger partial charge in [-0.05, 0) is 68.4 Å². The summed E-state index contributed by atoms with van der Waals surface area (Å²) in [7, 11) is 3.02. The van der Waals surface area contributed by atoms with Crippen LogP contribution < -0.4 is 22.3 Å². The Morgan fingerprint density at radius 3 is 2.24 bits per heavy atom. The summed E-state index contributed by atoms with van der Waals surface area (Å²) in [5.41, 5.74) is 1.15. The van der Waals surface area contributed by atoms with E-state index in [-0.39, 0.29) is 21.9 Å². The van der Waals surface area contributed by atoms with Crippen LogP contribution in [-0.4, -0.2) is 53.3 Å². The highest BCUT2D eigenvalue weighted by molar-refractivity contribution is 7.94. The summed E-state index contributed by atoms with van der Waals surface area (Å²) in [6, 6.07) is 7.06. The van der Waals surface area contributed by atoms with Crippen LogP contribution in [-0.2, 0) is 21.0 Å². The highest BCUT2D eigenvalue weighted by Gasteiger charge is 2.09. The van der Waals surface area contributed by atoms with Crippen LogP contribution in [0.15, 0.2) is 52.9 Å². The molecule has 0 aliphatic rings. The number of benzene rings is 1. The summed E-state index contributed by atoms with van der Waals surface area (Å²) in [6.45, 7) is 3.70. The quantitative estimate of drug-likeness (QED) is 0.192. The van der Waals surface area contributed by atoms with E-state index in [1.807, 2.05) is 12.1 Å². The molecule has 0 aliphatic heterocycles. The number of carbonyl (C=O) groups is 1. The predicted molar refractivity (Wildman–Crippen MR) is 136 cm³/mol. The maximum Gasteiger partial charge on any atom is 0.411 e. The van der Waals surface area contributed by atoms with Crippen LogP contribution >= 0.6 is 0 Å². The van der Waals surface area contributed by atoms with E-state index in [0.717, 1.165) is 60.5 Å². The number of ether oxygens (including phenoxy) is 1. The van der Waals surface area contributed by atoms with Crippen molar-refractivity contribution in [3.8, 4) is 0 Å². The van der Waals surface area contributed by atoms with Gasteiger partial charge in [-0.25, -0.2) is 13.2 Å². The number of nitrogens with zero attached hydrogens (tertiary/aromatic N) is 1. The van der Waals surface area contributed by atoms with Gasteiger partial charge in [0.25, 0.3) is 0 Å². The van der Waals surface area contributed by atoms with Gasteiger partial charge in [-0.1, -0.05) is 38.3 Å². The number of carbonyl (C=O) groups excluding carboxylic acids is 1. The summed E-state index contributed by atoms with van der Waals surface area (Å²) in [4.78, 5) is 11.9. The fraction of sp³-hybridized carbons (Fsp3) is 0.577. The highest BCUT2D eigenvalue weighted by Crippen LogP contribution is 2.15. The lowest BCUT2D eigenvalue weighted by Gasteiger charge is -2.23. The van der Waals surface area contributed by atoms with E-state index in [4.69, 9.17) is 4.74 Å². The third-order valence-electron chi connectivity index (χ3n) is 5.19. The molecule has 34 heavy (non-hydrogen) atoms. The Bertz CT molecular complexity index is 845. The van der Waals surface area contributed by atoms with E-state index in [2.05, 4.69) is 33.4 Å². The van der Waals surface area contributed by atoms with E-state index < -0.39 is 15.9 Å². The summed E-state index contributed by atoms with van der Waals surface area (Å²) in [5.74, 6) is 0. The van der Waals surface area contributed by atoms with E-state index in [9.17, 15) is 13.2 Å². The van der Waals surface area contributed by atoms with Gasteiger partial charge in [-0.15, -0.1) is 0 Å². The molecule has 1 N–H and O–H groups in total. The first-order chi connectivity index (χ1) is 15.6. The van der Waals surface area contributed by atoms with Gasteiger partial charge in [0.15, 0.2) is 9.84 Å². The SMILES string of the molecule is CCCCCCc1ccc(S(=O)(=O)/C=C/C=C/NC(=O)OCCCCCC[N+](C)(C)C)cc1.[Br-]. The fourth-order valence-electron chi connectivity index (χ4n) is 3.25. The molecule has 1 aromatic carbocycles.